The minimum Gasteiger partial charge on any atom is -0.426 e. The van der Waals surface area contributed by atoms with Gasteiger partial charge in [0.15, 0.2) is 0 Å². The molecule has 1 aromatic carbocycles. The lowest BCUT2D eigenvalue weighted by molar-refractivity contribution is -0.144. The fourth-order valence-electron chi connectivity index (χ4n) is 2.80. The summed E-state index contributed by atoms with van der Waals surface area (Å²) in [6.45, 7) is 2.59. The molecular formula is C18H20F3NO3. The molecule has 3 atom stereocenters. The van der Waals surface area contributed by atoms with Crippen molar-refractivity contribution in [1.29, 1.82) is 5.26 Å². The van der Waals surface area contributed by atoms with E-state index in [4.69, 9.17) is 14.7 Å². The van der Waals surface area contributed by atoms with Gasteiger partial charge in [-0.05, 0) is 19.3 Å². The van der Waals surface area contributed by atoms with Crippen molar-refractivity contribution in [2.24, 2.45) is 5.92 Å². The smallest absolute Gasteiger partial charge is 0.317 e. The van der Waals surface area contributed by atoms with Gasteiger partial charge in [-0.1, -0.05) is 13.3 Å². The third kappa shape index (κ3) is 4.95. The molecule has 1 saturated carbocycles. The second-order valence-corrected chi connectivity index (χ2v) is 6.08. The van der Waals surface area contributed by atoms with Gasteiger partial charge in [0, 0.05) is 25.2 Å². The lowest BCUT2D eigenvalue weighted by Crippen LogP contribution is -2.37. The standard InChI is InChI=1S/C18H20F3NO3/c1-2-3-6-24-11-4-5-13(15(19)7-11)18(23)25-12-8-16(20)14(10-22)17(21)9-12/h8-9,11,13,15H,2-7H2,1H3. The number of halogens is 3. The van der Waals surface area contributed by atoms with E-state index in [1.807, 2.05) is 6.92 Å². The molecule has 1 aliphatic carbocycles. The monoisotopic (exact) mass is 355 g/mol. The number of nitriles is 1. The predicted molar refractivity (Wildman–Crippen MR) is 83.6 cm³/mol. The zero-order valence-corrected chi connectivity index (χ0v) is 13.9. The van der Waals surface area contributed by atoms with Crippen LogP contribution in [-0.4, -0.2) is 24.9 Å². The fourth-order valence-corrected chi connectivity index (χ4v) is 2.80. The van der Waals surface area contributed by atoms with E-state index >= 15 is 0 Å². The summed E-state index contributed by atoms with van der Waals surface area (Å²) in [7, 11) is 0. The van der Waals surface area contributed by atoms with Crippen molar-refractivity contribution in [3.05, 3.63) is 29.3 Å². The van der Waals surface area contributed by atoms with Gasteiger partial charge in [0.1, 0.15) is 35.2 Å². The lowest BCUT2D eigenvalue weighted by Gasteiger charge is -2.30. The third-order valence-corrected chi connectivity index (χ3v) is 4.22. The van der Waals surface area contributed by atoms with Gasteiger partial charge in [-0.2, -0.15) is 5.26 Å². The zero-order chi connectivity index (χ0) is 18.4. The van der Waals surface area contributed by atoms with Crippen molar-refractivity contribution in [2.75, 3.05) is 6.61 Å². The summed E-state index contributed by atoms with van der Waals surface area (Å²) in [5.41, 5.74) is -0.757. The van der Waals surface area contributed by atoms with E-state index in [0.717, 1.165) is 25.0 Å². The molecule has 1 fully saturated rings. The number of unbranched alkanes of at least 4 members (excludes halogenated alkanes) is 1. The number of rotatable bonds is 6. The largest absolute Gasteiger partial charge is 0.426 e. The van der Waals surface area contributed by atoms with E-state index in [2.05, 4.69) is 0 Å². The molecule has 0 N–H and O–H groups in total. The van der Waals surface area contributed by atoms with E-state index in [-0.39, 0.29) is 24.7 Å². The van der Waals surface area contributed by atoms with E-state index in [9.17, 15) is 18.0 Å². The van der Waals surface area contributed by atoms with Crippen LogP contribution >= 0.6 is 0 Å². The number of ether oxygens (including phenoxy) is 2. The van der Waals surface area contributed by atoms with Gasteiger partial charge in [0.2, 0.25) is 0 Å². The summed E-state index contributed by atoms with van der Waals surface area (Å²) in [4.78, 5) is 12.1. The maximum Gasteiger partial charge on any atom is 0.317 e. The first-order valence-corrected chi connectivity index (χ1v) is 8.32. The van der Waals surface area contributed by atoms with Crippen LogP contribution in [0.1, 0.15) is 44.6 Å². The van der Waals surface area contributed by atoms with Crippen molar-refractivity contribution < 1.29 is 27.4 Å². The van der Waals surface area contributed by atoms with Crippen molar-refractivity contribution >= 4 is 5.97 Å². The Bertz CT molecular complexity index is 636. The Hall–Kier alpha value is -2.07. The number of esters is 1. The number of carbonyl (C=O) groups is 1. The molecule has 136 valence electrons. The molecule has 2 rings (SSSR count). The van der Waals surface area contributed by atoms with Crippen LogP contribution in [0.15, 0.2) is 12.1 Å². The molecule has 7 heteroatoms. The summed E-state index contributed by atoms with van der Waals surface area (Å²) in [6, 6.07) is 2.86. The highest BCUT2D eigenvalue weighted by Gasteiger charge is 2.37. The molecule has 0 heterocycles. The normalized spacial score (nSPS) is 23.1. The Kier molecular flexibility index (Phi) is 6.82. The van der Waals surface area contributed by atoms with Crippen LogP contribution in [-0.2, 0) is 9.53 Å². The molecule has 0 saturated heterocycles. The maximum absolute atomic E-state index is 14.3. The Morgan fingerprint density at radius 1 is 1.32 bits per heavy atom. The van der Waals surface area contributed by atoms with Crippen molar-refractivity contribution in [3.63, 3.8) is 0 Å². The minimum atomic E-state index is -1.43. The van der Waals surface area contributed by atoms with Crippen LogP contribution in [0.2, 0.25) is 0 Å². The van der Waals surface area contributed by atoms with Crippen molar-refractivity contribution in [3.8, 4) is 11.8 Å². The summed E-state index contributed by atoms with van der Waals surface area (Å²) in [5, 5.41) is 8.61. The first kappa shape index (κ1) is 19.3. The Morgan fingerprint density at radius 2 is 2.00 bits per heavy atom. The van der Waals surface area contributed by atoms with Gasteiger partial charge < -0.3 is 9.47 Å². The molecule has 0 aromatic heterocycles. The highest BCUT2D eigenvalue weighted by Crippen LogP contribution is 2.31. The Morgan fingerprint density at radius 3 is 2.56 bits per heavy atom. The SMILES string of the molecule is CCCCOC1CCC(C(=O)Oc2cc(F)c(C#N)c(F)c2)C(F)C1. The highest BCUT2D eigenvalue weighted by atomic mass is 19.1. The van der Waals surface area contributed by atoms with Crippen molar-refractivity contribution in [1.82, 2.24) is 0 Å². The van der Waals surface area contributed by atoms with E-state index < -0.39 is 35.3 Å². The van der Waals surface area contributed by atoms with E-state index in [0.29, 0.717) is 13.0 Å². The van der Waals surface area contributed by atoms with Gasteiger partial charge in [-0.25, -0.2) is 13.2 Å². The molecular weight excluding hydrogens is 335 g/mol. The molecule has 1 aromatic rings. The van der Waals surface area contributed by atoms with Gasteiger partial charge in [0.25, 0.3) is 0 Å². The number of carbonyl (C=O) groups excluding carboxylic acids is 1. The number of benzene rings is 1. The zero-order valence-electron chi connectivity index (χ0n) is 13.9. The second-order valence-electron chi connectivity index (χ2n) is 6.08. The lowest BCUT2D eigenvalue weighted by atomic mass is 9.85. The van der Waals surface area contributed by atoms with Crippen molar-refractivity contribution in [2.45, 2.75) is 51.3 Å². The van der Waals surface area contributed by atoms with Gasteiger partial charge in [-0.3, -0.25) is 4.79 Å². The Labute approximate surface area is 144 Å². The van der Waals surface area contributed by atoms with Crippen LogP contribution in [0.4, 0.5) is 13.2 Å². The molecule has 4 nitrogen and oxygen atoms in total. The molecule has 0 radical (unpaired) electrons. The third-order valence-electron chi connectivity index (χ3n) is 4.22. The first-order chi connectivity index (χ1) is 12.0. The van der Waals surface area contributed by atoms with Gasteiger partial charge in [-0.15, -0.1) is 0 Å². The fraction of sp³-hybridized carbons (Fsp3) is 0.556. The van der Waals surface area contributed by atoms with Gasteiger partial charge >= 0.3 is 5.97 Å². The number of hydrogen-bond acceptors (Lipinski definition) is 4. The maximum atomic E-state index is 14.3. The van der Waals surface area contributed by atoms with Crippen LogP contribution in [0.25, 0.3) is 0 Å². The molecule has 0 bridgehead atoms. The summed E-state index contributed by atoms with van der Waals surface area (Å²) in [6.07, 6.45) is 1.10. The Balaban J connectivity index is 1.95. The number of hydrogen-bond donors (Lipinski definition) is 0. The molecule has 0 aliphatic heterocycles. The summed E-state index contributed by atoms with van der Waals surface area (Å²) < 4.78 is 51.8. The second kappa shape index (κ2) is 8.86. The van der Waals surface area contributed by atoms with Crippen LogP contribution < -0.4 is 4.74 Å². The van der Waals surface area contributed by atoms with Crippen LogP contribution in [0.5, 0.6) is 5.75 Å². The highest BCUT2D eigenvalue weighted by molar-refractivity contribution is 5.76. The first-order valence-electron chi connectivity index (χ1n) is 8.32. The van der Waals surface area contributed by atoms with E-state index in [1.165, 1.54) is 6.07 Å². The molecule has 0 amide bonds. The predicted octanol–water partition coefficient (Wildman–Crippen LogP) is 4.07. The van der Waals surface area contributed by atoms with Gasteiger partial charge in [0.05, 0.1) is 12.0 Å². The topological polar surface area (TPSA) is 59.3 Å². The quantitative estimate of drug-likeness (QED) is 0.439. The molecule has 0 spiro atoms. The average Bonchev–Trinajstić information content (AvgIpc) is 2.55. The van der Waals surface area contributed by atoms with Crippen LogP contribution in [0, 0.1) is 28.9 Å². The summed E-state index contributed by atoms with van der Waals surface area (Å²) in [5.74, 6) is -4.51. The van der Waals surface area contributed by atoms with Crippen LogP contribution in [0.3, 0.4) is 0 Å². The summed E-state index contributed by atoms with van der Waals surface area (Å²) >= 11 is 0. The minimum absolute atomic E-state index is 0.0968. The molecule has 25 heavy (non-hydrogen) atoms. The molecule has 3 unspecified atom stereocenters. The molecule has 1 aliphatic rings. The van der Waals surface area contributed by atoms with E-state index in [1.54, 1.807) is 0 Å². The number of nitrogens with zero attached hydrogens (tertiary/aromatic N) is 1. The number of alkyl halides is 1. The average molecular weight is 355 g/mol.